The van der Waals surface area contributed by atoms with Crippen molar-refractivity contribution < 1.29 is 0 Å². The topological polar surface area (TPSA) is 3.24 Å². The molecule has 0 atom stereocenters. The first-order chi connectivity index (χ1) is 9.33. The van der Waals surface area contributed by atoms with Crippen LogP contribution in [0.2, 0.25) is 0 Å². The Labute approximate surface area is 121 Å². The van der Waals surface area contributed by atoms with E-state index in [1.54, 1.807) is 0 Å². The lowest BCUT2D eigenvalue weighted by molar-refractivity contribution is 0.0905. The maximum absolute atomic E-state index is 2.84. The molecule has 1 heteroatoms. The Kier molecular flexibility index (Phi) is 6.70. The fraction of sp³-hybridized carbons (Fsp3) is 1.00. The molecule has 0 aromatic heterocycles. The zero-order valence-corrected chi connectivity index (χ0v) is 13.4. The van der Waals surface area contributed by atoms with Crippen LogP contribution in [0, 0.1) is 11.8 Å². The first-order valence-corrected chi connectivity index (χ1v) is 9.07. The van der Waals surface area contributed by atoms with E-state index in [2.05, 4.69) is 18.7 Å². The summed E-state index contributed by atoms with van der Waals surface area (Å²) in [4.78, 5) is 2.84. The van der Waals surface area contributed by atoms with Crippen LogP contribution in [0.3, 0.4) is 0 Å². The molecule has 2 fully saturated rings. The zero-order valence-electron chi connectivity index (χ0n) is 13.4. The lowest BCUT2D eigenvalue weighted by Crippen LogP contribution is -2.43. The van der Waals surface area contributed by atoms with E-state index >= 15 is 0 Å². The summed E-state index contributed by atoms with van der Waals surface area (Å²) in [7, 11) is 0. The van der Waals surface area contributed by atoms with Crippen LogP contribution in [0.15, 0.2) is 0 Å². The molecule has 2 rings (SSSR count). The van der Waals surface area contributed by atoms with Crippen LogP contribution in [0.4, 0.5) is 0 Å². The third kappa shape index (κ3) is 4.77. The number of nitrogens with zero attached hydrogens (tertiary/aromatic N) is 1. The van der Waals surface area contributed by atoms with Gasteiger partial charge in [-0.1, -0.05) is 46.0 Å². The average molecular weight is 265 g/mol. The monoisotopic (exact) mass is 265 g/mol. The van der Waals surface area contributed by atoms with Crippen molar-refractivity contribution in [2.45, 2.75) is 90.5 Å². The van der Waals surface area contributed by atoms with Crippen molar-refractivity contribution >= 4 is 0 Å². The van der Waals surface area contributed by atoms with Crippen LogP contribution in [-0.4, -0.2) is 24.0 Å². The highest BCUT2D eigenvalue weighted by molar-refractivity contribution is 4.83. The molecule has 2 aliphatic rings. The van der Waals surface area contributed by atoms with E-state index in [1.165, 1.54) is 83.7 Å². The van der Waals surface area contributed by atoms with E-state index in [4.69, 9.17) is 0 Å². The largest absolute Gasteiger partial charge is 0.300 e. The molecule has 0 unspecified atom stereocenters. The summed E-state index contributed by atoms with van der Waals surface area (Å²) in [5.41, 5.74) is 0. The van der Waals surface area contributed by atoms with Crippen molar-refractivity contribution in [3.05, 3.63) is 0 Å². The van der Waals surface area contributed by atoms with Crippen molar-refractivity contribution in [1.29, 1.82) is 0 Å². The minimum atomic E-state index is 0.945. The summed E-state index contributed by atoms with van der Waals surface area (Å²) in [6, 6.07) is 0.945. The molecule has 0 aromatic rings. The predicted octanol–water partition coefficient (Wildman–Crippen LogP) is 5.25. The zero-order chi connectivity index (χ0) is 13.5. The molecule has 1 saturated carbocycles. The average Bonchev–Trinajstić information content (AvgIpc) is 2.47. The fourth-order valence-electron chi connectivity index (χ4n) is 4.31. The number of hydrogen-bond donors (Lipinski definition) is 0. The maximum Gasteiger partial charge on any atom is 0.00954 e. The smallest absolute Gasteiger partial charge is 0.00954 e. The van der Waals surface area contributed by atoms with E-state index in [9.17, 15) is 0 Å². The standard InChI is InChI=1S/C18H35N/c1-3-5-7-17-12-14-19(15-13-17)18-10-8-16(6-4-2)9-11-18/h16-18H,3-15H2,1-2H3/t16-,18-. The Morgan fingerprint density at radius 3 is 1.95 bits per heavy atom. The van der Waals surface area contributed by atoms with Gasteiger partial charge in [-0.2, -0.15) is 0 Å². The maximum atomic E-state index is 2.84. The second-order valence-electron chi connectivity index (χ2n) is 7.08. The van der Waals surface area contributed by atoms with E-state index < -0.39 is 0 Å². The Bertz CT molecular complexity index is 222. The summed E-state index contributed by atoms with van der Waals surface area (Å²) in [6.45, 7) is 7.46. The second-order valence-corrected chi connectivity index (χ2v) is 7.08. The summed E-state index contributed by atoms with van der Waals surface area (Å²) >= 11 is 0. The molecule has 1 nitrogen and oxygen atoms in total. The van der Waals surface area contributed by atoms with Crippen LogP contribution in [0.5, 0.6) is 0 Å². The van der Waals surface area contributed by atoms with Gasteiger partial charge in [0.1, 0.15) is 0 Å². The van der Waals surface area contributed by atoms with Crippen molar-refractivity contribution in [3.63, 3.8) is 0 Å². The third-order valence-corrected chi connectivity index (χ3v) is 5.64. The highest BCUT2D eigenvalue weighted by Gasteiger charge is 2.28. The number of unbranched alkanes of at least 4 members (excludes halogenated alkanes) is 1. The number of likely N-dealkylation sites (tertiary alicyclic amines) is 1. The van der Waals surface area contributed by atoms with Gasteiger partial charge in [-0.3, -0.25) is 0 Å². The molecule has 0 N–H and O–H groups in total. The molecule has 0 amide bonds. The molecule has 112 valence electrons. The molecule has 0 spiro atoms. The van der Waals surface area contributed by atoms with E-state index in [1.807, 2.05) is 0 Å². The molecular formula is C18H35N. The van der Waals surface area contributed by atoms with Crippen molar-refractivity contribution in [2.24, 2.45) is 11.8 Å². The van der Waals surface area contributed by atoms with E-state index in [0.29, 0.717) is 0 Å². The Hall–Kier alpha value is -0.0400. The van der Waals surface area contributed by atoms with Gasteiger partial charge in [-0.15, -0.1) is 0 Å². The minimum absolute atomic E-state index is 0.945. The van der Waals surface area contributed by atoms with Gasteiger partial charge in [0.2, 0.25) is 0 Å². The van der Waals surface area contributed by atoms with Crippen molar-refractivity contribution in [2.75, 3.05) is 13.1 Å². The number of piperidine rings is 1. The first-order valence-electron chi connectivity index (χ1n) is 9.07. The minimum Gasteiger partial charge on any atom is -0.300 e. The van der Waals surface area contributed by atoms with Gasteiger partial charge in [-0.05, 0) is 63.5 Å². The van der Waals surface area contributed by atoms with Crippen molar-refractivity contribution in [1.82, 2.24) is 4.90 Å². The van der Waals surface area contributed by atoms with Crippen LogP contribution < -0.4 is 0 Å². The molecule has 1 saturated heterocycles. The number of hydrogen-bond acceptors (Lipinski definition) is 1. The van der Waals surface area contributed by atoms with Crippen LogP contribution in [-0.2, 0) is 0 Å². The molecule has 1 heterocycles. The molecule has 1 aliphatic heterocycles. The summed E-state index contributed by atoms with van der Waals surface area (Å²) in [6.07, 6.45) is 16.1. The highest BCUT2D eigenvalue weighted by atomic mass is 15.2. The Morgan fingerprint density at radius 2 is 1.37 bits per heavy atom. The molecule has 0 aromatic carbocycles. The molecular weight excluding hydrogens is 230 g/mol. The fourth-order valence-corrected chi connectivity index (χ4v) is 4.31. The Balaban J connectivity index is 1.65. The van der Waals surface area contributed by atoms with Gasteiger partial charge in [0.25, 0.3) is 0 Å². The summed E-state index contributed by atoms with van der Waals surface area (Å²) in [5.74, 6) is 2.11. The lowest BCUT2D eigenvalue weighted by Gasteiger charge is -2.41. The molecule has 0 radical (unpaired) electrons. The van der Waals surface area contributed by atoms with E-state index in [0.717, 1.165) is 17.9 Å². The number of rotatable bonds is 6. The molecule has 19 heavy (non-hydrogen) atoms. The highest BCUT2D eigenvalue weighted by Crippen LogP contribution is 2.33. The van der Waals surface area contributed by atoms with Gasteiger partial charge in [0.05, 0.1) is 0 Å². The Morgan fingerprint density at radius 1 is 0.737 bits per heavy atom. The normalized spacial score (nSPS) is 30.6. The van der Waals surface area contributed by atoms with Gasteiger partial charge < -0.3 is 4.90 Å². The SMILES string of the molecule is CCCCC1CCN([C@H]2CC[C@H](CCC)CC2)CC1. The van der Waals surface area contributed by atoms with Gasteiger partial charge >= 0.3 is 0 Å². The van der Waals surface area contributed by atoms with Crippen molar-refractivity contribution in [3.8, 4) is 0 Å². The predicted molar refractivity (Wildman–Crippen MR) is 84.5 cm³/mol. The van der Waals surface area contributed by atoms with Crippen LogP contribution in [0.1, 0.15) is 84.5 Å². The first kappa shape index (κ1) is 15.4. The molecule has 0 bridgehead atoms. The van der Waals surface area contributed by atoms with Gasteiger partial charge in [-0.25, -0.2) is 0 Å². The summed E-state index contributed by atoms with van der Waals surface area (Å²) in [5, 5.41) is 0. The quantitative estimate of drug-likeness (QED) is 0.634. The van der Waals surface area contributed by atoms with E-state index in [-0.39, 0.29) is 0 Å². The van der Waals surface area contributed by atoms with Crippen LogP contribution >= 0.6 is 0 Å². The van der Waals surface area contributed by atoms with Gasteiger partial charge in [0.15, 0.2) is 0 Å². The third-order valence-electron chi connectivity index (χ3n) is 5.64. The molecule has 1 aliphatic carbocycles. The second kappa shape index (κ2) is 8.29. The van der Waals surface area contributed by atoms with Gasteiger partial charge in [0, 0.05) is 6.04 Å². The lowest BCUT2D eigenvalue weighted by atomic mass is 9.82. The van der Waals surface area contributed by atoms with Crippen LogP contribution in [0.25, 0.3) is 0 Å². The summed E-state index contributed by atoms with van der Waals surface area (Å²) < 4.78 is 0.